The fourth-order valence-electron chi connectivity index (χ4n) is 3.04. The molecule has 2 amide bonds. The Labute approximate surface area is 138 Å². The van der Waals surface area contributed by atoms with Crippen LogP contribution in [0.15, 0.2) is 30.3 Å². The van der Waals surface area contributed by atoms with Gasteiger partial charge in [-0.15, -0.1) is 0 Å². The molecule has 0 unspecified atom stereocenters. The smallest absolute Gasteiger partial charge is 0.278 e. The maximum absolute atomic E-state index is 12.3. The molecule has 1 aliphatic rings. The summed E-state index contributed by atoms with van der Waals surface area (Å²) in [6.45, 7) is 7.64. The normalized spacial score (nSPS) is 22.4. The van der Waals surface area contributed by atoms with Crippen molar-refractivity contribution in [3.63, 3.8) is 0 Å². The fraction of sp³-hybridized carbons (Fsp3) is 0.556. The van der Waals surface area contributed by atoms with Crippen LogP contribution >= 0.6 is 0 Å². The topological polar surface area (TPSA) is 62.6 Å². The average Bonchev–Trinajstić information content (AvgIpc) is 2.54. The molecule has 2 rings (SSSR count). The molecule has 5 heteroatoms. The molecule has 1 aromatic carbocycles. The molecular formula is C18H28N3O2+. The maximum Gasteiger partial charge on any atom is 0.278 e. The van der Waals surface area contributed by atoms with E-state index in [1.54, 1.807) is 0 Å². The van der Waals surface area contributed by atoms with Gasteiger partial charge in [-0.1, -0.05) is 18.2 Å². The Morgan fingerprint density at radius 1 is 1.09 bits per heavy atom. The number of benzene rings is 1. The third-order valence-corrected chi connectivity index (χ3v) is 4.48. The van der Waals surface area contributed by atoms with E-state index in [1.165, 1.54) is 4.90 Å². The van der Waals surface area contributed by atoms with Crippen molar-refractivity contribution in [3.8, 4) is 0 Å². The van der Waals surface area contributed by atoms with Gasteiger partial charge in [0.25, 0.3) is 5.91 Å². The maximum atomic E-state index is 12.3. The number of rotatable bonds is 5. The van der Waals surface area contributed by atoms with Crippen LogP contribution in [0, 0.1) is 5.92 Å². The van der Waals surface area contributed by atoms with Crippen LogP contribution in [0.1, 0.15) is 33.6 Å². The van der Waals surface area contributed by atoms with Crippen molar-refractivity contribution in [1.29, 1.82) is 0 Å². The van der Waals surface area contributed by atoms with Gasteiger partial charge >= 0.3 is 0 Å². The number of para-hydroxylation sites is 1. The Kier molecular flexibility index (Phi) is 6.16. The monoisotopic (exact) mass is 318 g/mol. The van der Waals surface area contributed by atoms with E-state index in [4.69, 9.17) is 0 Å². The van der Waals surface area contributed by atoms with Gasteiger partial charge in [-0.05, 0) is 32.9 Å². The van der Waals surface area contributed by atoms with Crippen LogP contribution in [0.4, 0.5) is 5.69 Å². The predicted octanol–water partition coefficient (Wildman–Crippen LogP) is 0.833. The fourth-order valence-corrected chi connectivity index (χ4v) is 3.04. The van der Waals surface area contributed by atoms with Crippen LogP contribution in [0.25, 0.3) is 0 Å². The molecule has 0 aliphatic carbocycles. The molecule has 1 aliphatic heterocycles. The van der Waals surface area contributed by atoms with Gasteiger partial charge in [-0.25, -0.2) is 0 Å². The standard InChI is InChI=1S/C18H27N3O2/c1-13(2)19-17(22)14(3)21-11-9-15(10-12-21)18(23)20-16-7-5-4-6-8-16/h4-8,13-15H,9-12H2,1-3H3,(H,19,22)(H,20,23)/p+1/t14-/m0/s1. The number of hydrogen-bond donors (Lipinski definition) is 3. The van der Waals surface area contributed by atoms with Gasteiger partial charge in [-0.3, -0.25) is 9.59 Å². The van der Waals surface area contributed by atoms with Gasteiger partial charge < -0.3 is 15.5 Å². The van der Waals surface area contributed by atoms with Crippen LogP contribution < -0.4 is 15.5 Å². The van der Waals surface area contributed by atoms with Gasteiger partial charge in [0.15, 0.2) is 6.04 Å². The quantitative estimate of drug-likeness (QED) is 0.753. The average molecular weight is 318 g/mol. The summed E-state index contributed by atoms with van der Waals surface area (Å²) in [7, 11) is 0. The molecule has 0 saturated carbocycles. The molecule has 126 valence electrons. The van der Waals surface area contributed by atoms with Crippen molar-refractivity contribution in [2.45, 2.75) is 45.7 Å². The van der Waals surface area contributed by atoms with Crippen molar-refractivity contribution >= 4 is 17.5 Å². The van der Waals surface area contributed by atoms with Gasteiger partial charge in [0.05, 0.1) is 13.1 Å². The third kappa shape index (κ3) is 5.06. The second-order valence-electron chi connectivity index (χ2n) is 6.67. The largest absolute Gasteiger partial charge is 0.349 e. The molecule has 3 N–H and O–H groups in total. The second kappa shape index (κ2) is 8.11. The lowest BCUT2D eigenvalue weighted by atomic mass is 9.94. The molecule has 0 aromatic heterocycles. The molecule has 1 saturated heterocycles. The number of quaternary nitrogens is 1. The molecule has 23 heavy (non-hydrogen) atoms. The summed E-state index contributed by atoms with van der Waals surface area (Å²) in [6, 6.07) is 9.66. The number of carbonyl (C=O) groups excluding carboxylic acids is 2. The molecule has 1 aromatic rings. The van der Waals surface area contributed by atoms with E-state index < -0.39 is 0 Å². The van der Waals surface area contributed by atoms with Crippen molar-refractivity contribution in [2.75, 3.05) is 18.4 Å². The van der Waals surface area contributed by atoms with Crippen molar-refractivity contribution < 1.29 is 14.5 Å². The number of carbonyl (C=O) groups is 2. The summed E-state index contributed by atoms with van der Waals surface area (Å²) in [4.78, 5) is 25.7. The van der Waals surface area contributed by atoms with E-state index in [1.807, 2.05) is 51.1 Å². The minimum atomic E-state index is -0.0597. The van der Waals surface area contributed by atoms with Crippen LogP contribution in [-0.2, 0) is 9.59 Å². The van der Waals surface area contributed by atoms with E-state index in [0.717, 1.165) is 31.6 Å². The van der Waals surface area contributed by atoms with Crippen LogP contribution in [-0.4, -0.2) is 37.0 Å². The van der Waals surface area contributed by atoms with Crippen LogP contribution in [0.2, 0.25) is 0 Å². The minimum absolute atomic E-state index is 0.0410. The van der Waals surface area contributed by atoms with Gasteiger partial charge in [-0.2, -0.15) is 0 Å². The summed E-state index contributed by atoms with van der Waals surface area (Å²) >= 11 is 0. The first kappa shape index (κ1) is 17.5. The minimum Gasteiger partial charge on any atom is -0.349 e. The van der Waals surface area contributed by atoms with Gasteiger partial charge in [0.1, 0.15) is 0 Å². The number of amides is 2. The number of hydrogen-bond acceptors (Lipinski definition) is 2. The number of nitrogens with one attached hydrogen (secondary N) is 3. The van der Waals surface area contributed by atoms with E-state index in [0.29, 0.717) is 0 Å². The number of likely N-dealkylation sites (tertiary alicyclic amines) is 1. The van der Waals surface area contributed by atoms with Crippen molar-refractivity contribution in [2.24, 2.45) is 5.92 Å². The number of piperidine rings is 1. The second-order valence-corrected chi connectivity index (χ2v) is 6.67. The summed E-state index contributed by atoms with van der Waals surface area (Å²) < 4.78 is 0. The summed E-state index contributed by atoms with van der Waals surface area (Å²) in [5.41, 5.74) is 0.844. The highest BCUT2D eigenvalue weighted by Gasteiger charge is 2.32. The Balaban J connectivity index is 1.81. The van der Waals surface area contributed by atoms with Crippen molar-refractivity contribution in [1.82, 2.24) is 5.32 Å². The zero-order valence-corrected chi connectivity index (χ0v) is 14.3. The Bertz CT molecular complexity index is 522. The first-order chi connectivity index (χ1) is 11.0. The van der Waals surface area contributed by atoms with Crippen LogP contribution in [0.5, 0.6) is 0 Å². The molecule has 0 bridgehead atoms. The van der Waals surface area contributed by atoms with Gasteiger partial charge in [0.2, 0.25) is 5.91 Å². The first-order valence-electron chi connectivity index (χ1n) is 8.48. The summed E-state index contributed by atoms with van der Waals surface area (Å²) in [5, 5.41) is 5.94. The zero-order valence-electron chi connectivity index (χ0n) is 14.3. The van der Waals surface area contributed by atoms with E-state index in [2.05, 4.69) is 10.6 Å². The lowest BCUT2D eigenvalue weighted by molar-refractivity contribution is -0.919. The molecule has 1 fully saturated rings. The summed E-state index contributed by atoms with van der Waals surface area (Å²) in [6.07, 6.45) is 1.65. The highest BCUT2D eigenvalue weighted by Crippen LogP contribution is 2.14. The third-order valence-electron chi connectivity index (χ3n) is 4.48. The Morgan fingerprint density at radius 2 is 1.70 bits per heavy atom. The van der Waals surface area contributed by atoms with Crippen molar-refractivity contribution in [3.05, 3.63) is 30.3 Å². The Morgan fingerprint density at radius 3 is 2.26 bits per heavy atom. The Hall–Kier alpha value is -1.88. The zero-order chi connectivity index (χ0) is 16.8. The first-order valence-corrected chi connectivity index (χ1v) is 8.48. The SMILES string of the molecule is CC(C)NC(=O)[C@H](C)[NH+]1CCC(C(=O)Nc2ccccc2)CC1. The lowest BCUT2D eigenvalue weighted by Gasteiger charge is -2.32. The van der Waals surface area contributed by atoms with E-state index in [-0.39, 0.29) is 29.8 Å². The van der Waals surface area contributed by atoms with E-state index >= 15 is 0 Å². The lowest BCUT2D eigenvalue weighted by Crippen LogP contribution is -3.17. The molecule has 0 spiro atoms. The molecule has 5 nitrogen and oxygen atoms in total. The molecular weight excluding hydrogens is 290 g/mol. The van der Waals surface area contributed by atoms with Gasteiger partial charge in [0, 0.05) is 30.5 Å². The van der Waals surface area contributed by atoms with E-state index in [9.17, 15) is 9.59 Å². The predicted molar refractivity (Wildman–Crippen MR) is 91.2 cm³/mol. The molecule has 1 heterocycles. The summed E-state index contributed by atoms with van der Waals surface area (Å²) in [5.74, 6) is 0.232. The molecule has 0 radical (unpaired) electrons. The van der Waals surface area contributed by atoms with Crippen LogP contribution in [0.3, 0.4) is 0 Å². The number of anilines is 1. The highest BCUT2D eigenvalue weighted by atomic mass is 16.2. The highest BCUT2D eigenvalue weighted by molar-refractivity contribution is 5.92. The molecule has 1 atom stereocenters.